The molecular formula is C15H21N3O2S. The van der Waals surface area contributed by atoms with Gasteiger partial charge in [0.05, 0.1) is 19.4 Å². The average molecular weight is 307 g/mol. The number of nitrogens with zero attached hydrogens (tertiary/aromatic N) is 1. The van der Waals surface area contributed by atoms with Crippen molar-refractivity contribution in [1.29, 1.82) is 0 Å². The van der Waals surface area contributed by atoms with Gasteiger partial charge in [0.2, 0.25) is 0 Å². The number of methoxy groups -OCH3 is 2. The fraction of sp³-hybridized carbons (Fsp3) is 0.467. The first-order valence-electron chi connectivity index (χ1n) is 7.01. The largest absolute Gasteiger partial charge is 0.497 e. The molecule has 1 aromatic rings. The Morgan fingerprint density at radius 2 is 2.19 bits per heavy atom. The fourth-order valence-corrected chi connectivity index (χ4v) is 2.45. The monoisotopic (exact) mass is 307 g/mol. The maximum Gasteiger partial charge on any atom is 0.187 e. The molecule has 0 aliphatic heterocycles. The molecule has 0 spiro atoms. The highest BCUT2D eigenvalue weighted by molar-refractivity contribution is 7.80. The topological polar surface area (TPSA) is 54.9 Å². The number of benzene rings is 1. The predicted octanol–water partition coefficient (Wildman–Crippen LogP) is 1.85. The highest BCUT2D eigenvalue weighted by Crippen LogP contribution is 2.25. The van der Waals surface area contributed by atoms with E-state index in [0.29, 0.717) is 18.3 Å². The van der Waals surface area contributed by atoms with Crippen LogP contribution in [0.15, 0.2) is 23.3 Å². The van der Waals surface area contributed by atoms with Gasteiger partial charge < -0.3 is 14.8 Å². The van der Waals surface area contributed by atoms with Crippen molar-refractivity contribution in [2.24, 2.45) is 5.10 Å². The van der Waals surface area contributed by atoms with E-state index in [9.17, 15) is 0 Å². The van der Waals surface area contributed by atoms with Crippen molar-refractivity contribution in [3.8, 4) is 5.75 Å². The molecule has 0 radical (unpaired) electrons. The number of fused-ring (bicyclic) bond motifs is 1. The van der Waals surface area contributed by atoms with Crippen molar-refractivity contribution in [2.45, 2.75) is 19.3 Å². The molecule has 0 bridgehead atoms. The second kappa shape index (κ2) is 7.95. The molecule has 2 rings (SSSR count). The molecule has 0 amide bonds. The molecule has 1 aromatic carbocycles. The van der Waals surface area contributed by atoms with E-state index in [1.54, 1.807) is 14.2 Å². The van der Waals surface area contributed by atoms with Crippen LogP contribution in [0.25, 0.3) is 0 Å². The number of thiocarbonyl (C=S) groups is 1. The van der Waals surface area contributed by atoms with Crippen LogP contribution in [0.2, 0.25) is 0 Å². The smallest absolute Gasteiger partial charge is 0.187 e. The number of ether oxygens (including phenoxy) is 2. The lowest BCUT2D eigenvalue weighted by Gasteiger charge is -2.19. The van der Waals surface area contributed by atoms with E-state index < -0.39 is 0 Å². The van der Waals surface area contributed by atoms with Crippen molar-refractivity contribution in [3.63, 3.8) is 0 Å². The zero-order chi connectivity index (χ0) is 15.1. The van der Waals surface area contributed by atoms with E-state index in [-0.39, 0.29) is 0 Å². The molecule has 0 aromatic heterocycles. The molecule has 1 aliphatic carbocycles. The number of aryl methyl sites for hydroxylation is 1. The van der Waals surface area contributed by atoms with Crippen LogP contribution in [0, 0.1) is 0 Å². The Morgan fingerprint density at radius 3 is 2.95 bits per heavy atom. The highest BCUT2D eigenvalue weighted by Gasteiger charge is 2.16. The number of hydrazone groups is 1. The van der Waals surface area contributed by atoms with E-state index in [0.717, 1.165) is 30.7 Å². The molecule has 0 saturated heterocycles. The van der Waals surface area contributed by atoms with Crippen molar-refractivity contribution in [3.05, 3.63) is 29.3 Å². The van der Waals surface area contributed by atoms with E-state index in [1.807, 2.05) is 6.07 Å². The van der Waals surface area contributed by atoms with Crippen molar-refractivity contribution in [2.75, 3.05) is 27.4 Å². The third-order valence-electron chi connectivity index (χ3n) is 3.37. The Hall–Kier alpha value is -1.66. The number of rotatable bonds is 5. The van der Waals surface area contributed by atoms with Crippen LogP contribution in [0.5, 0.6) is 5.75 Å². The number of hydrogen-bond donors (Lipinski definition) is 2. The van der Waals surface area contributed by atoms with Crippen LogP contribution in [0.4, 0.5) is 0 Å². The molecule has 2 N–H and O–H groups in total. The van der Waals surface area contributed by atoms with E-state index >= 15 is 0 Å². The molecule has 1 aliphatic rings. The molecule has 0 fully saturated rings. The summed E-state index contributed by atoms with van der Waals surface area (Å²) in [6.45, 7) is 1.28. The van der Waals surface area contributed by atoms with Gasteiger partial charge in [-0.15, -0.1) is 0 Å². The fourth-order valence-electron chi connectivity index (χ4n) is 2.31. The minimum absolute atomic E-state index is 0.514. The zero-order valence-corrected chi connectivity index (χ0v) is 13.3. The minimum Gasteiger partial charge on any atom is -0.497 e. The molecule has 21 heavy (non-hydrogen) atoms. The first-order chi connectivity index (χ1) is 10.2. The molecule has 0 atom stereocenters. The average Bonchev–Trinajstić information content (AvgIpc) is 2.52. The summed E-state index contributed by atoms with van der Waals surface area (Å²) in [5, 5.41) is 7.99. The van der Waals surface area contributed by atoms with Crippen LogP contribution in [-0.2, 0) is 11.2 Å². The molecule has 6 heteroatoms. The Bertz CT molecular complexity index is 532. The lowest BCUT2D eigenvalue weighted by molar-refractivity contribution is 0.204. The Balaban J connectivity index is 2.02. The van der Waals surface area contributed by atoms with Gasteiger partial charge in [0, 0.05) is 19.2 Å². The van der Waals surface area contributed by atoms with Gasteiger partial charge in [0.25, 0.3) is 0 Å². The Morgan fingerprint density at radius 1 is 1.33 bits per heavy atom. The van der Waals surface area contributed by atoms with Gasteiger partial charge in [-0.1, -0.05) is 0 Å². The normalized spacial score (nSPS) is 15.4. The SMILES string of the molecule is COCCNC(=S)N/N=C1/CCCc2cc(OC)ccc21. The minimum atomic E-state index is 0.514. The van der Waals surface area contributed by atoms with Gasteiger partial charge >= 0.3 is 0 Å². The molecular weight excluding hydrogens is 286 g/mol. The zero-order valence-electron chi connectivity index (χ0n) is 12.4. The highest BCUT2D eigenvalue weighted by atomic mass is 32.1. The maximum absolute atomic E-state index is 5.27. The van der Waals surface area contributed by atoms with Crippen LogP contribution in [0.1, 0.15) is 24.0 Å². The maximum atomic E-state index is 5.27. The van der Waals surface area contributed by atoms with Crippen LogP contribution < -0.4 is 15.5 Å². The summed E-state index contributed by atoms with van der Waals surface area (Å²) < 4.78 is 10.2. The predicted molar refractivity (Wildman–Crippen MR) is 88.1 cm³/mol. The summed E-state index contributed by atoms with van der Waals surface area (Å²) >= 11 is 5.17. The van der Waals surface area contributed by atoms with E-state index in [1.165, 1.54) is 11.1 Å². The third kappa shape index (κ3) is 4.41. The van der Waals surface area contributed by atoms with Crippen molar-refractivity contribution < 1.29 is 9.47 Å². The van der Waals surface area contributed by atoms with Crippen LogP contribution in [0.3, 0.4) is 0 Å². The van der Waals surface area contributed by atoms with Gasteiger partial charge in [0.15, 0.2) is 5.11 Å². The summed E-state index contributed by atoms with van der Waals surface area (Å²) in [5.74, 6) is 0.889. The number of nitrogens with one attached hydrogen (secondary N) is 2. The van der Waals surface area contributed by atoms with Gasteiger partial charge in [-0.05, 0) is 55.2 Å². The van der Waals surface area contributed by atoms with E-state index in [2.05, 4.69) is 28.0 Å². The summed E-state index contributed by atoms with van der Waals surface area (Å²) in [4.78, 5) is 0. The molecule has 114 valence electrons. The third-order valence-corrected chi connectivity index (χ3v) is 3.60. The second-order valence-electron chi connectivity index (χ2n) is 4.80. The standard InChI is InChI=1S/C15H21N3O2S/c1-19-9-8-16-15(21)18-17-14-5-3-4-11-10-12(20-2)6-7-13(11)14/h6-7,10H,3-5,8-9H2,1-2H3,(H2,16,18,21)/b17-14-. The molecule has 5 nitrogen and oxygen atoms in total. The first-order valence-corrected chi connectivity index (χ1v) is 7.42. The summed E-state index contributed by atoms with van der Waals surface area (Å²) in [5.41, 5.74) is 6.39. The quantitative estimate of drug-likeness (QED) is 0.494. The Labute approximate surface area is 130 Å². The summed E-state index contributed by atoms with van der Waals surface area (Å²) in [7, 11) is 3.34. The van der Waals surface area contributed by atoms with Crippen molar-refractivity contribution >= 4 is 23.0 Å². The second-order valence-corrected chi connectivity index (χ2v) is 5.20. The molecule has 0 saturated carbocycles. The molecule has 0 heterocycles. The van der Waals surface area contributed by atoms with Crippen LogP contribution >= 0.6 is 12.2 Å². The van der Waals surface area contributed by atoms with Gasteiger partial charge in [-0.2, -0.15) is 5.10 Å². The van der Waals surface area contributed by atoms with Gasteiger partial charge in [0.1, 0.15) is 5.75 Å². The molecule has 0 unspecified atom stereocenters. The van der Waals surface area contributed by atoms with Crippen molar-refractivity contribution in [1.82, 2.24) is 10.7 Å². The summed E-state index contributed by atoms with van der Waals surface area (Å²) in [6.07, 6.45) is 3.10. The van der Waals surface area contributed by atoms with Gasteiger partial charge in [-0.25, -0.2) is 0 Å². The van der Waals surface area contributed by atoms with Gasteiger partial charge in [-0.3, -0.25) is 5.43 Å². The number of hydrogen-bond acceptors (Lipinski definition) is 4. The van der Waals surface area contributed by atoms with E-state index in [4.69, 9.17) is 21.7 Å². The lowest BCUT2D eigenvalue weighted by Crippen LogP contribution is -2.35. The summed E-state index contributed by atoms with van der Waals surface area (Å²) in [6, 6.07) is 6.11. The first kappa shape index (κ1) is 15.7. The van der Waals surface area contributed by atoms with Crippen LogP contribution in [-0.4, -0.2) is 38.2 Å². The lowest BCUT2D eigenvalue weighted by atomic mass is 9.90. The Kier molecular flexibility index (Phi) is 5.95.